The minimum Gasteiger partial charge on any atom is -0.481 e. The summed E-state index contributed by atoms with van der Waals surface area (Å²) in [5.74, 6) is -4.88. The monoisotopic (exact) mass is 560 g/mol. The highest BCUT2D eigenvalue weighted by Gasteiger charge is 2.32. The van der Waals surface area contributed by atoms with Crippen LogP contribution in [0.15, 0.2) is 30.5 Å². The molecule has 0 fully saturated rings. The minimum absolute atomic E-state index is 0.0304. The maximum Gasteiger partial charge on any atom is 0.326 e. The third-order valence-electron chi connectivity index (χ3n) is 6.37. The van der Waals surface area contributed by atoms with Crippen molar-refractivity contribution in [1.82, 2.24) is 20.9 Å². The topological polar surface area (TPSA) is 230 Å². The number of benzene rings is 1. The van der Waals surface area contributed by atoms with Crippen LogP contribution in [-0.2, 0) is 30.4 Å². The van der Waals surface area contributed by atoms with Crippen LogP contribution in [0, 0.1) is 5.92 Å². The summed E-state index contributed by atoms with van der Waals surface area (Å²) in [7, 11) is 0. The molecule has 0 aliphatic carbocycles. The molecule has 40 heavy (non-hydrogen) atoms. The van der Waals surface area contributed by atoms with Crippen LogP contribution in [0.25, 0.3) is 10.9 Å². The second-order valence-corrected chi connectivity index (χ2v) is 10.2. The van der Waals surface area contributed by atoms with Crippen molar-refractivity contribution < 1.29 is 34.2 Å². The van der Waals surface area contributed by atoms with Gasteiger partial charge in [0.15, 0.2) is 0 Å². The highest BCUT2D eigenvalue weighted by Crippen LogP contribution is 2.19. The number of nitrogens with one attached hydrogen (secondary N) is 4. The Morgan fingerprint density at radius 3 is 2.15 bits per heavy atom. The molecule has 0 saturated carbocycles. The molecule has 13 nitrogen and oxygen atoms in total. The quantitative estimate of drug-likeness (QED) is 0.124. The molecule has 0 radical (unpaired) electrons. The van der Waals surface area contributed by atoms with Gasteiger partial charge in [0.25, 0.3) is 0 Å². The van der Waals surface area contributed by atoms with Crippen molar-refractivity contribution >= 4 is 40.6 Å². The molecule has 4 atom stereocenters. The Morgan fingerprint density at radius 1 is 0.900 bits per heavy atom. The largest absolute Gasteiger partial charge is 0.481 e. The maximum absolute atomic E-state index is 13.3. The lowest BCUT2D eigenvalue weighted by Gasteiger charge is -2.25. The van der Waals surface area contributed by atoms with E-state index in [1.165, 1.54) is 0 Å². The van der Waals surface area contributed by atoms with E-state index in [1.54, 1.807) is 6.20 Å². The van der Waals surface area contributed by atoms with Gasteiger partial charge >= 0.3 is 11.9 Å². The number of carbonyl (C=O) groups is 5. The third-order valence-corrected chi connectivity index (χ3v) is 6.37. The summed E-state index contributed by atoms with van der Waals surface area (Å²) in [6, 6.07) is 2.34. The number of hydrogen-bond acceptors (Lipinski definition) is 7. The number of H-pyrrole nitrogens is 1. The van der Waals surface area contributed by atoms with Crippen molar-refractivity contribution in [3.05, 3.63) is 36.0 Å². The number of amides is 3. The summed E-state index contributed by atoms with van der Waals surface area (Å²) in [5, 5.41) is 27.2. The van der Waals surface area contributed by atoms with Gasteiger partial charge in [-0.25, -0.2) is 4.79 Å². The molecule has 0 saturated heterocycles. The molecule has 0 aliphatic rings. The zero-order chi connectivity index (χ0) is 29.8. The van der Waals surface area contributed by atoms with Crippen LogP contribution >= 0.6 is 0 Å². The Balaban J connectivity index is 2.30. The molecule has 0 bridgehead atoms. The summed E-state index contributed by atoms with van der Waals surface area (Å²) in [6.07, 6.45) is 2.40. The number of nitrogens with two attached hydrogens (primary N) is 2. The van der Waals surface area contributed by atoms with E-state index in [1.807, 2.05) is 38.1 Å². The molecule has 2 rings (SSSR count). The number of aromatic amines is 1. The number of fused-ring (bicyclic) bond motifs is 1. The van der Waals surface area contributed by atoms with Gasteiger partial charge in [-0.3, -0.25) is 19.2 Å². The van der Waals surface area contributed by atoms with Crippen LogP contribution in [0.4, 0.5) is 0 Å². The fraction of sp³-hybridized carbons (Fsp3) is 0.519. The molecule has 4 unspecified atom stereocenters. The van der Waals surface area contributed by atoms with Crippen molar-refractivity contribution in [3.63, 3.8) is 0 Å². The van der Waals surface area contributed by atoms with E-state index in [2.05, 4.69) is 20.9 Å². The van der Waals surface area contributed by atoms with Gasteiger partial charge < -0.3 is 42.6 Å². The number of para-hydroxylation sites is 1. The van der Waals surface area contributed by atoms with Crippen molar-refractivity contribution in [2.45, 2.75) is 76.5 Å². The standard InChI is InChI=1S/C27H40N6O7/c1-15(2)11-18(29)24(36)32-22(13-23(34)35)26(38)33-21(12-16-14-30-19-8-4-3-7-17(16)19)25(37)31-20(27(39)40)9-5-6-10-28/h3-4,7-8,14-15,18,20-22,30H,5-6,9-13,28-29H2,1-2H3,(H,31,37)(H,32,36)(H,33,38)(H,34,35)(H,39,40). The molecule has 0 aliphatic heterocycles. The average Bonchev–Trinajstić information content (AvgIpc) is 3.29. The van der Waals surface area contributed by atoms with Gasteiger partial charge in [-0.1, -0.05) is 32.0 Å². The molecule has 1 aromatic heterocycles. The summed E-state index contributed by atoms with van der Waals surface area (Å²) < 4.78 is 0. The van der Waals surface area contributed by atoms with Gasteiger partial charge in [-0.15, -0.1) is 0 Å². The normalized spacial score (nSPS) is 14.2. The van der Waals surface area contributed by atoms with E-state index in [0.29, 0.717) is 31.4 Å². The number of hydrogen-bond donors (Lipinski definition) is 8. The molecule has 0 spiro atoms. The van der Waals surface area contributed by atoms with Crippen molar-refractivity contribution in [1.29, 1.82) is 0 Å². The average molecular weight is 561 g/mol. The van der Waals surface area contributed by atoms with Gasteiger partial charge in [0.05, 0.1) is 12.5 Å². The Bertz CT molecular complexity index is 1180. The molecular weight excluding hydrogens is 520 g/mol. The SMILES string of the molecule is CC(C)CC(N)C(=O)NC(CC(=O)O)C(=O)NC(Cc1c[nH]c2ccccc12)C(=O)NC(CCCCN)C(=O)O. The molecule has 1 aromatic carbocycles. The van der Waals surface area contributed by atoms with Gasteiger partial charge in [-0.2, -0.15) is 0 Å². The fourth-order valence-electron chi connectivity index (χ4n) is 4.30. The van der Waals surface area contributed by atoms with E-state index >= 15 is 0 Å². The van der Waals surface area contributed by atoms with Crippen molar-refractivity contribution in [2.24, 2.45) is 17.4 Å². The van der Waals surface area contributed by atoms with Crippen LogP contribution in [0.5, 0.6) is 0 Å². The summed E-state index contributed by atoms with van der Waals surface area (Å²) in [6.45, 7) is 4.10. The zero-order valence-corrected chi connectivity index (χ0v) is 22.8. The van der Waals surface area contributed by atoms with Crippen LogP contribution in [-0.4, -0.2) is 75.6 Å². The zero-order valence-electron chi connectivity index (χ0n) is 22.8. The third kappa shape index (κ3) is 9.97. The number of aliphatic carboxylic acids is 2. The first-order chi connectivity index (χ1) is 18.9. The lowest BCUT2D eigenvalue weighted by Crippen LogP contribution is -2.58. The highest BCUT2D eigenvalue weighted by atomic mass is 16.4. The summed E-state index contributed by atoms with van der Waals surface area (Å²) >= 11 is 0. The van der Waals surface area contributed by atoms with Crippen molar-refractivity contribution in [3.8, 4) is 0 Å². The van der Waals surface area contributed by atoms with Gasteiger partial charge in [0.2, 0.25) is 17.7 Å². The summed E-state index contributed by atoms with van der Waals surface area (Å²) in [5.41, 5.74) is 12.9. The van der Waals surface area contributed by atoms with E-state index in [-0.39, 0.29) is 18.8 Å². The first-order valence-corrected chi connectivity index (χ1v) is 13.3. The van der Waals surface area contributed by atoms with E-state index in [9.17, 15) is 34.2 Å². The lowest BCUT2D eigenvalue weighted by molar-refractivity contribution is -0.143. The van der Waals surface area contributed by atoms with E-state index < -0.39 is 60.2 Å². The molecule has 3 amide bonds. The molecular formula is C27H40N6O7. The Kier molecular flexibility index (Phi) is 12.6. The van der Waals surface area contributed by atoms with E-state index in [0.717, 1.165) is 10.9 Å². The smallest absolute Gasteiger partial charge is 0.326 e. The number of unbranched alkanes of at least 4 members (excludes halogenated alkanes) is 1. The van der Waals surface area contributed by atoms with Crippen molar-refractivity contribution in [2.75, 3.05) is 6.54 Å². The predicted octanol–water partition coefficient (Wildman–Crippen LogP) is 0.227. The van der Waals surface area contributed by atoms with Crippen LogP contribution in [0.3, 0.4) is 0 Å². The van der Waals surface area contributed by atoms with E-state index in [4.69, 9.17) is 11.5 Å². The van der Waals surface area contributed by atoms with Crippen LogP contribution in [0.2, 0.25) is 0 Å². The number of rotatable bonds is 17. The predicted molar refractivity (Wildman–Crippen MR) is 148 cm³/mol. The number of carboxylic acid groups (broad SMARTS) is 2. The number of aromatic nitrogens is 1. The maximum atomic E-state index is 13.3. The fourth-order valence-corrected chi connectivity index (χ4v) is 4.30. The molecule has 13 heteroatoms. The Hall–Kier alpha value is -3.97. The second kappa shape index (κ2) is 15.6. The molecule has 2 aromatic rings. The first kappa shape index (κ1) is 32.2. The van der Waals surface area contributed by atoms with Gasteiger partial charge in [0.1, 0.15) is 18.1 Å². The van der Waals surface area contributed by atoms with Crippen LogP contribution < -0.4 is 27.4 Å². The van der Waals surface area contributed by atoms with Gasteiger partial charge in [-0.05, 0) is 49.8 Å². The molecule has 1 heterocycles. The molecule has 10 N–H and O–H groups in total. The van der Waals surface area contributed by atoms with Gasteiger partial charge in [0, 0.05) is 23.5 Å². The number of carbonyl (C=O) groups excluding carboxylic acids is 3. The second-order valence-electron chi connectivity index (χ2n) is 10.2. The highest BCUT2D eigenvalue weighted by molar-refractivity contribution is 5.96. The minimum atomic E-state index is -1.51. The lowest BCUT2D eigenvalue weighted by atomic mass is 10.0. The Morgan fingerprint density at radius 2 is 1.52 bits per heavy atom. The first-order valence-electron chi connectivity index (χ1n) is 13.3. The van der Waals surface area contributed by atoms with Crippen LogP contribution in [0.1, 0.15) is 51.5 Å². The Labute approximate surface area is 232 Å². The molecule has 220 valence electrons. The number of carboxylic acids is 2. The summed E-state index contributed by atoms with van der Waals surface area (Å²) in [4.78, 5) is 65.5.